The van der Waals surface area contributed by atoms with Crippen LogP contribution >= 0.6 is 0 Å². The van der Waals surface area contributed by atoms with Crippen LogP contribution < -0.4 is 16.4 Å². The Labute approximate surface area is 124 Å². The number of aryl methyl sites for hydroxylation is 1. The molecular weight excluding hydrogens is 284 g/mol. The van der Waals surface area contributed by atoms with Gasteiger partial charge in [0.1, 0.15) is 0 Å². The number of nitrogens with zero attached hydrogens (tertiary/aromatic N) is 1. The Bertz CT molecular complexity index is 977. The Morgan fingerprint density at radius 1 is 1.09 bits per heavy atom. The number of fused-ring (bicyclic) bond motifs is 1. The molecule has 0 aliphatic carbocycles. The van der Waals surface area contributed by atoms with Crippen molar-refractivity contribution in [3.8, 4) is 11.3 Å². The smallest absolute Gasteiger partial charge is 0.272 e. The summed E-state index contributed by atoms with van der Waals surface area (Å²) >= 11 is 0. The Balaban J connectivity index is 2.20. The van der Waals surface area contributed by atoms with E-state index < -0.39 is 0 Å². The number of aromatic nitrogens is 3. The zero-order valence-corrected chi connectivity index (χ0v) is 12.1. The summed E-state index contributed by atoms with van der Waals surface area (Å²) in [5, 5.41) is 8.02. The fourth-order valence-electron chi connectivity index (χ4n) is 2.53. The van der Waals surface area contributed by atoms with Crippen molar-refractivity contribution in [2.75, 3.05) is 5.32 Å². The summed E-state index contributed by atoms with van der Waals surface area (Å²) in [5.74, 6) is -0.153. The maximum Gasteiger partial charge on any atom is 0.272 e. The molecule has 0 saturated heterocycles. The van der Waals surface area contributed by atoms with Gasteiger partial charge in [-0.05, 0) is 17.7 Å². The van der Waals surface area contributed by atoms with Crippen LogP contribution in [-0.4, -0.2) is 20.7 Å². The van der Waals surface area contributed by atoms with E-state index in [4.69, 9.17) is 0 Å². The highest BCUT2D eigenvalue weighted by Gasteiger charge is 2.15. The number of anilines is 1. The average molecular weight is 298 g/mol. The average Bonchev–Trinajstić information content (AvgIpc) is 2.82. The molecule has 0 aliphatic heterocycles. The van der Waals surface area contributed by atoms with E-state index in [0.717, 1.165) is 5.56 Å². The van der Waals surface area contributed by atoms with Crippen LogP contribution in [-0.2, 0) is 11.8 Å². The van der Waals surface area contributed by atoms with Gasteiger partial charge in [0.25, 0.3) is 11.1 Å². The Morgan fingerprint density at radius 2 is 1.73 bits per heavy atom. The van der Waals surface area contributed by atoms with E-state index in [1.165, 1.54) is 6.92 Å². The van der Waals surface area contributed by atoms with E-state index in [2.05, 4.69) is 15.5 Å². The number of aromatic amines is 2. The first-order valence-corrected chi connectivity index (χ1v) is 6.65. The molecule has 3 aromatic rings. The number of amides is 1. The SMILES string of the molecule is CC(=O)Nc1ccc(-c2c3c(=O)[nH][nH]c(=O)c3cn2C)cc1. The van der Waals surface area contributed by atoms with Gasteiger partial charge in [-0.2, -0.15) is 0 Å². The minimum Gasteiger partial charge on any atom is -0.349 e. The fourth-order valence-corrected chi connectivity index (χ4v) is 2.53. The third-order valence-corrected chi connectivity index (χ3v) is 3.42. The highest BCUT2D eigenvalue weighted by Crippen LogP contribution is 2.27. The molecule has 1 amide bonds. The number of nitrogens with one attached hydrogen (secondary N) is 3. The van der Waals surface area contributed by atoms with Crippen molar-refractivity contribution in [3.63, 3.8) is 0 Å². The van der Waals surface area contributed by atoms with Crippen molar-refractivity contribution in [1.29, 1.82) is 0 Å². The molecule has 3 N–H and O–H groups in total. The second-order valence-corrected chi connectivity index (χ2v) is 5.04. The van der Waals surface area contributed by atoms with E-state index in [9.17, 15) is 14.4 Å². The van der Waals surface area contributed by atoms with Gasteiger partial charge in [0.15, 0.2) is 0 Å². The van der Waals surface area contributed by atoms with Crippen LogP contribution in [0.5, 0.6) is 0 Å². The lowest BCUT2D eigenvalue weighted by molar-refractivity contribution is -0.114. The number of benzene rings is 1. The minimum atomic E-state index is -0.351. The second kappa shape index (κ2) is 5.03. The van der Waals surface area contributed by atoms with Gasteiger partial charge in [-0.15, -0.1) is 0 Å². The van der Waals surface area contributed by atoms with Gasteiger partial charge in [0.05, 0.1) is 16.5 Å². The third kappa shape index (κ3) is 2.22. The van der Waals surface area contributed by atoms with E-state index in [-0.39, 0.29) is 17.0 Å². The van der Waals surface area contributed by atoms with E-state index >= 15 is 0 Å². The van der Waals surface area contributed by atoms with Gasteiger partial charge < -0.3 is 9.88 Å². The van der Waals surface area contributed by atoms with Crippen LogP contribution in [0.2, 0.25) is 0 Å². The van der Waals surface area contributed by atoms with Crippen molar-refractivity contribution >= 4 is 22.4 Å². The van der Waals surface area contributed by atoms with Gasteiger partial charge in [-0.25, -0.2) is 0 Å². The lowest BCUT2D eigenvalue weighted by atomic mass is 10.1. The highest BCUT2D eigenvalue weighted by molar-refractivity contribution is 5.95. The zero-order chi connectivity index (χ0) is 15.9. The molecule has 1 aromatic carbocycles. The summed E-state index contributed by atoms with van der Waals surface area (Å²) in [6.07, 6.45) is 1.63. The number of H-pyrrole nitrogens is 2. The van der Waals surface area contributed by atoms with Crippen LogP contribution in [0.25, 0.3) is 22.0 Å². The first-order valence-electron chi connectivity index (χ1n) is 6.65. The quantitative estimate of drug-likeness (QED) is 0.662. The van der Waals surface area contributed by atoms with E-state index in [0.29, 0.717) is 22.2 Å². The molecule has 7 heteroatoms. The maximum atomic E-state index is 12.1. The first kappa shape index (κ1) is 13.9. The van der Waals surface area contributed by atoms with Crippen LogP contribution in [0.4, 0.5) is 5.69 Å². The predicted molar refractivity (Wildman–Crippen MR) is 83.9 cm³/mol. The normalized spacial score (nSPS) is 10.8. The van der Waals surface area contributed by atoms with Crippen molar-refractivity contribution in [2.45, 2.75) is 6.92 Å². The monoisotopic (exact) mass is 298 g/mol. The summed E-state index contributed by atoms with van der Waals surface area (Å²) in [4.78, 5) is 34.9. The topological polar surface area (TPSA) is 99.8 Å². The van der Waals surface area contributed by atoms with Crippen LogP contribution in [0.3, 0.4) is 0 Å². The van der Waals surface area contributed by atoms with Crippen molar-refractivity contribution in [3.05, 3.63) is 51.2 Å². The molecular formula is C15H14N4O3. The molecule has 0 radical (unpaired) electrons. The summed E-state index contributed by atoms with van der Waals surface area (Å²) in [5.41, 5.74) is 1.41. The molecule has 0 saturated carbocycles. The predicted octanol–water partition coefficient (Wildman–Crippen LogP) is 1.18. The maximum absolute atomic E-state index is 12.1. The Kier molecular flexibility index (Phi) is 3.17. The van der Waals surface area contributed by atoms with Crippen molar-refractivity contribution < 1.29 is 4.79 Å². The van der Waals surface area contributed by atoms with Crippen molar-refractivity contribution in [2.24, 2.45) is 7.05 Å². The minimum absolute atomic E-state index is 0.153. The summed E-state index contributed by atoms with van der Waals surface area (Å²) in [6, 6.07) is 7.08. The molecule has 0 spiro atoms. The van der Waals surface area contributed by atoms with Gasteiger partial charge in [-0.3, -0.25) is 24.6 Å². The Morgan fingerprint density at radius 3 is 2.36 bits per heavy atom. The lowest BCUT2D eigenvalue weighted by Crippen LogP contribution is -2.18. The number of hydrogen-bond acceptors (Lipinski definition) is 3. The van der Waals surface area contributed by atoms with Gasteiger partial charge in [-0.1, -0.05) is 12.1 Å². The highest BCUT2D eigenvalue weighted by atomic mass is 16.2. The summed E-state index contributed by atoms with van der Waals surface area (Å²) in [7, 11) is 1.77. The number of hydrogen-bond donors (Lipinski definition) is 3. The molecule has 0 fully saturated rings. The molecule has 22 heavy (non-hydrogen) atoms. The number of carbonyl (C=O) groups excluding carboxylic acids is 1. The second-order valence-electron chi connectivity index (χ2n) is 5.04. The molecule has 0 aliphatic rings. The molecule has 2 heterocycles. The molecule has 0 atom stereocenters. The molecule has 0 bridgehead atoms. The van der Waals surface area contributed by atoms with Crippen LogP contribution in [0, 0.1) is 0 Å². The summed E-state index contributed by atoms with van der Waals surface area (Å²) < 4.78 is 1.74. The number of carbonyl (C=O) groups is 1. The van der Waals surface area contributed by atoms with E-state index in [1.807, 2.05) is 0 Å². The third-order valence-electron chi connectivity index (χ3n) is 3.42. The lowest BCUT2D eigenvalue weighted by Gasteiger charge is -2.06. The van der Waals surface area contributed by atoms with Crippen LogP contribution in [0.15, 0.2) is 40.1 Å². The largest absolute Gasteiger partial charge is 0.349 e. The number of rotatable bonds is 2. The summed E-state index contributed by atoms with van der Waals surface area (Å²) in [6.45, 7) is 1.43. The molecule has 2 aromatic heterocycles. The first-order chi connectivity index (χ1) is 10.5. The van der Waals surface area contributed by atoms with Gasteiger partial charge in [0, 0.05) is 25.9 Å². The fraction of sp³-hybridized carbons (Fsp3) is 0.133. The van der Waals surface area contributed by atoms with Gasteiger partial charge >= 0.3 is 0 Å². The molecule has 0 unspecified atom stereocenters. The van der Waals surface area contributed by atoms with E-state index in [1.54, 1.807) is 42.1 Å². The Hall–Kier alpha value is -3.09. The molecule has 112 valence electrons. The van der Waals surface area contributed by atoms with Crippen LogP contribution in [0.1, 0.15) is 6.92 Å². The van der Waals surface area contributed by atoms with Crippen molar-refractivity contribution in [1.82, 2.24) is 14.8 Å². The molecule has 7 nitrogen and oxygen atoms in total. The van der Waals surface area contributed by atoms with Gasteiger partial charge in [0.2, 0.25) is 5.91 Å². The molecule has 3 rings (SSSR count). The standard InChI is InChI=1S/C15H14N4O3/c1-8(20)16-10-5-3-9(4-6-10)13-12-11(7-19(13)2)14(21)17-18-15(12)22/h3-7H,1-2H3,(H,16,20)(H,17,21)(H,18,22). The zero-order valence-electron chi connectivity index (χ0n) is 12.1.